The first-order valence-corrected chi connectivity index (χ1v) is 4.98. The van der Waals surface area contributed by atoms with Gasteiger partial charge in [0.2, 0.25) is 0 Å². The van der Waals surface area contributed by atoms with E-state index in [2.05, 4.69) is 24.1 Å². The Hall–Kier alpha value is -1.22. The topological polar surface area (TPSA) is 38.5 Å². The van der Waals surface area contributed by atoms with Gasteiger partial charge in [0.1, 0.15) is 12.4 Å². The number of likely N-dealkylation sites (N-methyl/N-ethyl adjacent to an activating group) is 1. The molecule has 1 aromatic carbocycles. The van der Waals surface area contributed by atoms with Crippen LogP contribution < -0.4 is 15.4 Å². The van der Waals surface area contributed by atoms with E-state index in [1.807, 2.05) is 6.07 Å². The summed E-state index contributed by atoms with van der Waals surface area (Å²) in [7, 11) is 2.12. The Bertz CT molecular complexity index is 325. The van der Waals surface area contributed by atoms with Crippen LogP contribution in [0.4, 0.5) is 5.69 Å². The lowest BCUT2D eigenvalue weighted by atomic mass is 10.1. The standard InChI is InChI=1S/C11H16N2O/c1-13-6-4-9-8-10(14-7-5-12)2-3-11(9)13/h2-3,8H,4-7,12H2,1H3. The van der Waals surface area contributed by atoms with Gasteiger partial charge in [0.25, 0.3) is 0 Å². The Morgan fingerprint density at radius 2 is 2.36 bits per heavy atom. The minimum Gasteiger partial charge on any atom is -0.492 e. The average molecular weight is 192 g/mol. The van der Waals surface area contributed by atoms with E-state index in [0.717, 1.165) is 18.7 Å². The largest absolute Gasteiger partial charge is 0.492 e. The van der Waals surface area contributed by atoms with Crippen LogP contribution >= 0.6 is 0 Å². The summed E-state index contributed by atoms with van der Waals surface area (Å²) in [6.45, 7) is 2.27. The zero-order valence-corrected chi connectivity index (χ0v) is 8.49. The number of hydrogen-bond donors (Lipinski definition) is 1. The van der Waals surface area contributed by atoms with Gasteiger partial charge in [0.05, 0.1) is 0 Å². The van der Waals surface area contributed by atoms with Crippen LogP contribution in [-0.4, -0.2) is 26.7 Å². The molecule has 14 heavy (non-hydrogen) atoms. The fraction of sp³-hybridized carbons (Fsp3) is 0.455. The van der Waals surface area contributed by atoms with Gasteiger partial charge in [-0.25, -0.2) is 0 Å². The molecular formula is C11H16N2O. The average Bonchev–Trinajstić information content (AvgIpc) is 2.57. The van der Waals surface area contributed by atoms with Crippen LogP contribution in [-0.2, 0) is 6.42 Å². The number of fused-ring (bicyclic) bond motifs is 1. The second-order valence-corrected chi connectivity index (χ2v) is 3.60. The highest BCUT2D eigenvalue weighted by molar-refractivity contribution is 5.59. The maximum absolute atomic E-state index is 5.47. The van der Waals surface area contributed by atoms with Crippen LogP contribution in [0.3, 0.4) is 0 Å². The molecule has 0 unspecified atom stereocenters. The highest BCUT2D eigenvalue weighted by atomic mass is 16.5. The van der Waals surface area contributed by atoms with Gasteiger partial charge in [-0.1, -0.05) is 0 Å². The number of nitrogens with two attached hydrogens (primary N) is 1. The molecule has 0 spiro atoms. The van der Waals surface area contributed by atoms with Crippen molar-refractivity contribution in [2.24, 2.45) is 5.73 Å². The number of rotatable bonds is 3. The molecule has 1 heterocycles. The molecule has 2 N–H and O–H groups in total. The van der Waals surface area contributed by atoms with E-state index < -0.39 is 0 Å². The third kappa shape index (κ3) is 1.68. The third-order valence-electron chi connectivity index (χ3n) is 2.57. The summed E-state index contributed by atoms with van der Waals surface area (Å²) < 4.78 is 5.47. The van der Waals surface area contributed by atoms with Crippen LogP contribution in [0.2, 0.25) is 0 Å². The first-order valence-electron chi connectivity index (χ1n) is 4.98. The van der Waals surface area contributed by atoms with Crippen molar-refractivity contribution >= 4 is 5.69 Å². The van der Waals surface area contributed by atoms with Gasteiger partial charge in [-0.05, 0) is 30.2 Å². The molecule has 0 atom stereocenters. The van der Waals surface area contributed by atoms with Gasteiger partial charge in [0.15, 0.2) is 0 Å². The maximum Gasteiger partial charge on any atom is 0.119 e. The Balaban J connectivity index is 2.15. The molecule has 0 saturated heterocycles. The molecule has 3 nitrogen and oxygen atoms in total. The second-order valence-electron chi connectivity index (χ2n) is 3.60. The van der Waals surface area contributed by atoms with E-state index in [0.29, 0.717) is 13.2 Å². The Labute approximate surface area is 84.5 Å². The summed E-state index contributed by atoms with van der Waals surface area (Å²) in [4.78, 5) is 2.27. The normalized spacial score (nSPS) is 14.3. The molecule has 3 heteroatoms. The first kappa shape index (κ1) is 9.34. The van der Waals surface area contributed by atoms with E-state index in [-0.39, 0.29) is 0 Å². The molecule has 76 valence electrons. The van der Waals surface area contributed by atoms with Crippen LogP contribution in [0.1, 0.15) is 5.56 Å². The number of ether oxygens (including phenoxy) is 1. The van der Waals surface area contributed by atoms with Crippen molar-refractivity contribution in [3.05, 3.63) is 23.8 Å². The van der Waals surface area contributed by atoms with Crippen LogP contribution in [0.5, 0.6) is 5.75 Å². The Kier molecular flexibility index (Phi) is 2.59. The van der Waals surface area contributed by atoms with Crippen molar-refractivity contribution in [3.8, 4) is 5.75 Å². The zero-order chi connectivity index (χ0) is 9.97. The van der Waals surface area contributed by atoms with E-state index in [1.165, 1.54) is 11.3 Å². The number of nitrogens with zero attached hydrogens (tertiary/aromatic N) is 1. The van der Waals surface area contributed by atoms with Crippen LogP contribution in [0.15, 0.2) is 18.2 Å². The van der Waals surface area contributed by atoms with Gasteiger partial charge in [0, 0.05) is 25.8 Å². The highest BCUT2D eigenvalue weighted by Crippen LogP contribution is 2.29. The van der Waals surface area contributed by atoms with Crippen molar-refractivity contribution in [2.45, 2.75) is 6.42 Å². The fourth-order valence-electron chi connectivity index (χ4n) is 1.81. The minimum absolute atomic E-state index is 0.566. The summed E-state index contributed by atoms with van der Waals surface area (Å²) in [5.74, 6) is 0.935. The minimum atomic E-state index is 0.566. The summed E-state index contributed by atoms with van der Waals surface area (Å²) in [5, 5.41) is 0. The van der Waals surface area contributed by atoms with Gasteiger partial charge in [-0.2, -0.15) is 0 Å². The number of benzene rings is 1. The molecule has 0 saturated carbocycles. The molecule has 0 aromatic heterocycles. The molecular weight excluding hydrogens is 176 g/mol. The summed E-state index contributed by atoms with van der Waals surface area (Å²) in [6.07, 6.45) is 1.12. The third-order valence-corrected chi connectivity index (χ3v) is 2.57. The monoisotopic (exact) mass is 192 g/mol. The quantitative estimate of drug-likeness (QED) is 0.777. The van der Waals surface area contributed by atoms with Gasteiger partial charge in [-0.3, -0.25) is 0 Å². The lowest BCUT2D eigenvalue weighted by molar-refractivity contribution is 0.328. The van der Waals surface area contributed by atoms with E-state index in [1.54, 1.807) is 0 Å². The number of anilines is 1. The Morgan fingerprint density at radius 1 is 1.50 bits per heavy atom. The van der Waals surface area contributed by atoms with Crippen LogP contribution in [0, 0.1) is 0 Å². The van der Waals surface area contributed by atoms with Crippen LogP contribution in [0.25, 0.3) is 0 Å². The van der Waals surface area contributed by atoms with Gasteiger partial charge >= 0.3 is 0 Å². The van der Waals surface area contributed by atoms with Crippen molar-refractivity contribution in [1.82, 2.24) is 0 Å². The molecule has 0 fully saturated rings. The predicted molar refractivity (Wildman–Crippen MR) is 58.0 cm³/mol. The van der Waals surface area contributed by atoms with Crippen molar-refractivity contribution in [1.29, 1.82) is 0 Å². The second kappa shape index (κ2) is 3.88. The molecule has 1 aliphatic rings. The van der Waals surface area contributed by atoms with Gasteiger partial charge < -0.3 is 15.4 Å². The lowest BCUT2D eigenvalue weighted by Gasteiger charge is -2.12. The molecule has 0 bridgehead atoms. The molecule has 0 radical (unpaired) electrons. The van der Waals surface area contributed by atoms with Gasteiger partial charge in [-0.15, -0.1) is 0 Å². The highest BCUT2D eigenvalue weighted by Gasteiger charge is 2.15. The Morgan fingerprint density at radius 3 is 3.14 bits per heavy atom. The number of hydrogen-bond acceptors (Lipinski definition) is 3. The van der Waals surface area contributed by atoms with Crippen molar-refractivity contribution in [3.63, 3.8) is 0 Å². The molecule has 0 aliphatic carbocycles. The predicted octanol–water partition coefficient (Wildman–Crippen LogP) is 1.02. The summed E-state index contributed by atoms with van der Waals surface area (Å²) in [5.41, 5.74) is 8.08. The van der Waals surface area contributed by atoms with Crippen molar-refractivity contribution in [2.75, 3.05) is 31.6 Å². The molecule has 2 rings (SSSR count). The zero-order valence-electron chi connectivity index (χ0n) is 8.49. The van der Waals surface area contributed by atoms with E-state index >= 15 is 0 Å². The summed E-state index contributed by atoms with van der Waals surface area (Å²) >= 11 is 0. The molecule has 0 amide bonds. The molecule has 1 aliphatic heterocycles. The smallest absolute Gasteiger partial charge is 0.119 e. The van der Waals surface area contributed by atoms with E-state index in [4.69, 9.17) is 10.5 Å². The van der Waals surface area contributed by atoms with E-state index in [9.17, 15) is 0 Å². The fourth-order valence-corrected chi connectivity index (χ4v) is 1.81. The lowest BCUT2D eigenvalue weighted by Crippen LogP contribution is -2.12. The molecule has 1 aromatic rings. The van der Waals surface area contributed by atoms with Crippen molar-refractivity contribution < 1.29 is 4.74 Å². The summed E-state index contributed by atoms with van der Waals surface area (Å²) in [6, 6.07) is 6.25. The first-order chi connectivity index (χ1) is 6.81. The maximum atomic E-state index is 5.47. The SMILES string of the molecule is CN1CCc2cc(OCCN)ccc21.